The first-order chi connectivity index (χ1) is 13.8. The predicted molar refractivity (Wildman–Crippen MR) is 127 cm³/mol. The molecule has 0 aromatic heterocycles. The zero-order valence-electron chi connectivity index (χ0n) is 20.2. The van der Waals surface area contributed by atoms with E-state index in [2.05, 4.69) is 19.1 Å². The fourth-order valence-electron chi connectivity index (χ4n) is 3.70. The lowest BCUT2D eigenvalue weighted by Crippen LogP contribution is -2.45. The molecule has 2 unspecified atom stereocenters. The lowest BCUT2D eigenvalue weighted by atomic mass is 10.1. The maximum Gasteiger partial charge on any atom is 0.385 e. The Bertz CT molecular complexity index is 446. The van der Waals surface area contributed by atoms with E-state index in [4.69, 9.17) is 4.52 Å². The van der Waals surface area contributed by atoms with Gasteiger partial charge in [-0.25, -0.2) is 0 Å². The maximum absolute atomic E-state index is 12.6. The number of rotatable bonds is 20. The van der Waals surface area contributed by atoms with Crippen LogP contribution >= 0.6 is 7.60 Å². The van der Waals surface area contributed by atoms with Crippen LogP contribution in [-0.2, 0) is 9.09 Å². The van der Waals surface area contributed by atoms with Crippen LogP contribution in [0.2, 0.25) is 0 Å². The predicted octanol–water partition coefficient (Wildman–Crippen LogP) is 7.67. The lowest BCUT2D eigenvalue weighted by Gasteiger charge is -2.35. The summed E-state index contributed by atoms with van der Waals surface area (Å²) in [5, 5.41) is 0. The Kier molecular flexibility index (Phi) is 17.4. The third-order valence-electron chi connectivity index (χ3n) is 5.50. The highest BCUT2D eigenvalue weighted by Crippen LogP contribution is 2.51. The van der Waals surface area contributed by atoms with Gasteiger partial charge in [0.2, 0.25) is 0 Å². The Morgan fingerprint density at radius 3 is 1.76 bits per heavy atom. The summed E-state index contributed by atoms with van der Waals surface area (Å²) in [5.74, 6) is -0.335. The van der Waals surface area contributed by atoms with Gasteiger partial charge in [-0.2, -0.15) is 0 Å². The van der Waals surface area contributed by atoms with Crippen LogP contribution in [0.5, 0.6) is 0 Å². The topological polar surface area (TPSA) is 46.5 Å². The summed E-state index contributed by atoms with van der Waals surface area (Å²) < 4.78 is 18.6. The molecule has 0 saturated heterocycles. The molecule has 0 fully saturated rings. The van der Waals surface area contributed by atoms with Crippen LogP contribution in [0.15, 0.2) is 12.2 Å². The van der Waals surface area contributed by atoms with E-state index >= 15 is 0 Å². The number of quaternary nitrogens is 1. The number of allylic oxidation sites excluding steroid dienone is 2. The molecule has 0 spiro atoms. The van der Waals surface area contributed by atoms with Crippen LogP contribution in [0, 0.1) is 0 Å². The van der Waals surface area contributed by atoms with Crippen LogP contribution in [0.1, 0.15) is 110 Å². The molecule has 0 aromatic carbocycles. The zero-order chi connectivity index (χ0) is 22.0. The van der Waals surface area contributed by atoms with Gasteiger partial charge in [0.1, 0.15) is 0 Å². The maximum atomic E-state index is 12.6. The molecule has 2 atom stereocenters. The van der Waals surface area contributed by atoms with Gasteiger partial charge in [-0.15, -0.1) is 0 Å². The SMILES string of the molecule is CCCCCC/C=C\CCCCCCCCCOP(=O)(O)C(CCC)[N+](C)(C)C. The molecule has 0 rings (SSSR count). The minimum atomic E-state index is -3.56. The highest BCUT2D eigenvalue weighted by Gasteiger charge is 2.41. The molecule has 0 saturated carbocycles. The monoisotopic (exact) mass is 432 g/mol. The van der Waals surface area contributed by atoms with E-state index in [0.717, 1.165) is 19.3 Å². The summed E-state index contributed by atoms with van der Waals surface area (Å²) in [7, 11) is 2.34. The van der Waals surface area contributed by atoms with Gasteiger partial charge in [0.15, 0.2) is 5.78 Å². The van der Waals surface area contributed by atoms with Crippen molar-refractivity contribution in [2.24, 2.45) is 0 Å². The number of hydrogen-bond donors (Lipinski definition) is 1. The molecule has 0 aliphatic heterocycles. The third kappa shape index (κ3) is 16.2. The second kappa shape index (κ2) is 17.5. The van der Waals surface area contributed by atoms with Crippen molar-refractivity contribution in [3.05, 3.63) is 12.2 Å². The summed E-state index contributed by atoms with van der Waals surface area (Å²) in [6.07, 6.45) is 22.5. The van der Waals surface area contributed by atoms with E-state index in [-0.39, 0.29) is 5.78 Å². The molecule has 0 bridgehead atoms. The van der Waals surface area contributed by atoms with E-state index < -0.39 is 7.60 Å². The summed E-state index contributed by atoms with van der Waals surface area (Å²) in [6, 6.07) is 0. The van der Waals surface area contributed by atoms with Crippen molar-refractivity contribution in [1.82, 2.24) is 0 Å². The van der Waals surface area contributed by atoms with Crippen molar-refractivity contribution in [1.29, 1.82) is 0 Å². The van der Waals surface area contributed by atoms with Gasteiger partial charge in [-0.1, -0.05) is 77.4 Å². The Hall–Kier alpha value is -0.150. The quantitative estimate of drug-likeness (QED) is 0.0929. The lowest BCUT2D eigenvalue weighted by molar-refractivity contribution is -0.883. The van der Waals surface area contributed by atoms with E-state index in [1.807, 2.05) is 28.1 Å². The molecular formula is C24H51NO3P+. The standard InChI is InChI=1S/C24H50NO3P/c1-6-8-9-10-11-12-13-14-15-16-17-18-19-20-21-23-28-29(26,27)24(22-7-2)25(3,4)5/h12-13,24H,6-11,14-23H2,1-5H3/p+1/b13-12-. The number of nitrogens with zero attached hydrogens (tertiary/aromatic N) is 1. The number of unbranched alkanes of at least 4 members (excludes halogenated alkanes) is 11. The van der Waals surface area contributed by atoms with Crippen molar-refractivity contribution in [3.63, 3.8) is 0 Å². The first kappa shape index (κ1) is 28.9. The summed E-state index contributed by atoms with van der Waals surface area (Å²) in [6.45, 7) is 4.71. The Morgan fingerprint density at radius 1 is 0.793 bits per heavy atom. The van der Waals surface area contributed by atoms with E-state index in [0.29, 0.717) is 17.5 Å². The van der Waals surface area contributed by atoms with Crippen molar-refractivity contribution in [2.75, 3.05) is 27.7 Å². The minimum Gasteiger partial charge on any atom is -0.320 e. The highest BCUT2D eigenvalue weighted by molar-refractivity contribution is 7.53. The molecule has 0 radical (unpaired) electrons. The first-order valence-corrected chi connectivity index (χ1v) is 13.8. The van der Waals surface area contributed by atoms with Gasteiger partial charge in [-0.3, -0.25) is 4.57 Å². The van der Waals surface area contributed by atoms with E-state index in [1.165, 1.54) is 70.6 Å². The third-order valence-corrected chi connectivity index (χ3v) is 7.76. The highest BCUT2D eigenvalue weighted by atomic mass is 31.2. The molecule has 0 aliphatic carbocycles. The molecule has 0 heterocycles. The molecule has 1 N–H and O–H groups in total. The molecular weight excluding hydrogens is 381 g/mol. The van der Waals surface area contributed by atoms with Crippen molar-refractivity contribution >= 4 is 7.60 Å². The van der Waals surface area contributed by atoms with Gasteiger partial charge >= 0.3 is 7.60 Å². The molecule has 5 heteroatoms. The fourth-order valence-corrected chi connectivity index (χ4v) is 5.72. The smallest absolute Gasteiger partial charge is 0.320 e. The van der Waals surface area contributed by atoms with Crippen molar-refractivity contribution < 1.29 is 18.5 Å². The average molecular weight is 433 g/mol. The molecule has 0 aromatic rings. The van der Waals surface area contributed by atoms with Gasteiger partial charge in [0.25, 0.3) is 0 Å². The molecule has 0 amide bonds. The Balaban J connectivity index is 3.63. The molecule has 29 heavy (non-hydrogen) atoms. The van der Waals surface area contributed by atoms with Gasteiger partial charge in [0, 0.05) is 6.42 Å². The summed E-state index contributed by atoms with van der Waals surface area (Å²) in [4.78, 5) is 10.4. The molecule has 174 valence electrons. The van der Waals surface area contributed by atoms with Crippen molar-refractivity contribution in [3.8, 4) is 0 Å². The normalized spacial score (nSPS) is 15.7. The van der Waals surface area contributed by atoms with Crippen molar-refractivity contribution in [2.45, 2.75) is 116 Å². The van der Waals surface area contributed by atoms with Gasteiger partial charge in [-0.05, 0) is 38.5 Å². The average Bonchev–Trinajstić information content (AvgIpc) is 2.64. The summed E-state index contributed by atoms with van der Waals surface area (Å²) in [5.41, 5.74) is 0. The van der Waals surface area contributed by atoms with Crippen LogP contribution in [0.25, 0.3) is 0 Å². The van der Waals surface area contributed by atoms with E-state index in [1.54, 1.807) is 0 Å². The second-order valence-corrected chi connectivity index (χ2v) is 11.3. The second-order valence-electron chi connectivity index (χ2n) is 9.37. The van der Waals surface area contributed by atoms with Crippen LogP contribution in [0.4, 0.5) is 0 Å². The van der Waals surface area contributed by atoms with E-state index in [9.17, 15) is 9.46 Å². The fraction of sp³-hybridized carbons (Fsp3) is 0.917. The molecule has 0 aliphatic rings. The van der Waals surface area contributed by atoms with Crippen LogP contribution < -0.4 is 0 Å². The zero-order valence-corrected chi connectivity index (χ0v) is 21.1. The van der Waals surface area contributed by atoms with Gasteiger partial charge < -0.3 is 13.9 Å². The largest absolute Gasteiger partial charge is 0.385 e. The van der Waals surface area contributed by atoms with Gasteiger partial charge in [0.05, 0.1) is 27.7 Å². The Labute approximate surface area is 182 Å². The van der Waals surface area contributed by atoms with Crippen LogP contribution in [-0.4, -0.2) is 42.9 Å². The Morgan fingerprint density at radius 2 is 1.28 bits per heavy atom. The molecule has 4 nitrogen and oxygen atoms in total. The number of hydrogen-bond acceptors (Lipinski definition) is 2. The summed E-state index contributed by atoms with van der Waals surface area (Å²) >= 11 is 0. The van der Waals surface area contributed by atoms with Crippen LogP contribution in [0.3, 0.4) is 0 Å². The first-order valence-electron chi connectivity index (χ1n) is 12.2. The minimum absolute atomic E-state index is 0.335.